The van der Waals surface area contributed by atoms with E-state index in [1.165, 1.54) is 18.4 Å². The predicted octanol–water partition coefficient (Wildman–Crippen LogP) is 3.89. The summed E-state index contributed by atoms with van der Waals surface area (Å²) in [6.45, 7) is 3.06. The van der Waals surface area contributed by atoms with Crippen LogP contribution in [0.15, 0.2) is 22.8 Å². The molecule has 1 nitrogen and oxygen atoms in total. The van der Waals surface area contributed by atoms with Crippen molar-refractivity contribution < 1.29 is 4.74 Å². The Hall–Kier alpha value is -0.270. The summed E-state index contributed by atoms with van der Waals surface area (Å²) in [4.78, 5) is 0. The topological polar surface area (TPSA) is 9.23 Å². The van der Waals surface area contributed by atoms with Crippen molar-refractivity contribution in [3.05, 3.63) is 22.8 Å². The molecule has 0 heterocycles. The molecule has 0 aliphatic heterocycles. The lowest BCUT2D eigenvalue weighted by Gasteiger charge is -2.17. The standard InChI is InChI=1S/C12H19ClO/c1-10-9-11(6-7-12(10)13)5-3-4-8-14-2/h6-7,10H,3-5,8-9H2,1-2H3. The highest BCUT2D eigenvalue weighted by Gasteiger charge is 2.12. The summed E-state index contributed by atoms with van der Waals surface area (Å²) in [5, 5.41) is 0.991. The molecular weight excluding hydrogens is 196 g/mol. The van der Waals surface area contributed by atoms with Crippen LogP contribution in [0.4, 0.5) is 0 Å². The lowest BCUT2D eigenvalue weighted by Crippen LogP contribution is -2.02. The highest BCUT2D eigenvalue weighted by molar-refractivity contribution is 6.30. The number of rotatable bonds is 5. The molecule has 80 valence electrons. The van der Waals surface area contributed by atoms with Crippen LogP contribution in [0, 0.1) is 5.92 Å². The second-order valence-electron chi connectivity index (χ2n) is 3.93. The fraction of sp³-hybridized carbons (Fsp3) is 0.667. The summed E-state index contributed by atoms with van der Waals surface area (Å²) in [5.41, 5.74) is 1.53. The van der Waals surface area contributed by atoms with E-state index in [1.54, 1.807) is 7.11 Å². The van der Waals surface area contributed by atoms with E-state index < -0.39 is 0 Å². The average Bonchev–Trinajstić information content (AvgIpc) is 2.18. The quantitative estimate of drug-likeness (QED) is 0.631. The van der Waals surface area contributed by atoms with Gasteiger partial charge in [0.15, 0.2) is 0 Å². The molecule has 0 aromatic carbocycles. The van der Waals surface area contributed by atoms with E-state index in [2.05, 4.69) is 13.0 Å². The smallest absolute Gasteiger partial charge is 0.0462 e. The van der Waals surface area contributed by atoms with Crippen LogP contribution in [0.2, 0.25) is 0 Å². The minimum Gasteiger partial charge on any atom is -0.385 e. The Labute approximate surface area is 91.8 Å². The minimum absolute atomic E-state index is 0.513. The summed E-state index contributed by atoms with van der Waals surface area (Å²) < 4.78 is 5.02. The normalized spacial score (nSPS) is 21.8. The maximum atomic E-state index is 6.01. The minimum atomic E-state index is 0.513. The number of methoxy groups -OCH3 is 1. The largest absolute Gasteiger partial charge is 0.385 e. The summed E-state index contributed by atoms with van der Waals surface area (Å²) >= 11 is 6.01. The Bertz CT molecular complexity index is 230. The zero-order valence-corrected chi connectivity index (χ0v) is 9.81. The van der Waals surface area contributed by atoms with Gasteiger partial charge in [-0.3, -0.25) is 0 Å². The zero-order valence-electron chi connectivity index (χ0n) is 9.05. The van der Waals surface area contributed by atoms with Crippen LogP contribution < -0.4 is 0 Å². The highest BCUT2D eigenvalue weighted by Crippen LogP contribution is 2.29. The molecule has 2 heteroatoms. The predicted molar refractivity (Wildman–Crippen MR) is 61.5 cm³/mol. The van der Waals surface area contributed by atoms with E-state index >= 15 is 0 Å². The van der Waals surface area contributed by atoms with Crippen LogP contribution in [0.5, 0.6) is 0 Å². The van der Waals surface area contributed by atoms with Crippen LogP contribution in [-0.2, 0) is 4.74 Å². The van der Waals surface area contributed by atoms with Crippen LogP contribution in [-0.4, -0.2) is 13.7 Å². The number of halogens is 1. The summed E-state index contributed by atoms with van der Waals surface area (Å²) in [5.74, 6) is 0.513. The molecule has 0 amide bonds. The molecule has 0 aromatic rings. The molecule has 1 rings (SSSR count). The molecule has 0 spiro atoms. The molecule has 1 unspecified atom stereocenters. The first-order valence-electron chi connectivity index (χ1n) is 5.28. The molecule has 1 aliphatic rings. The van der Waals surface area contributed by atoms with E-state index in [0.717, 1.165) is 24.5 Å². The molecule has 0 saturated carbocycles. The molecular formula is C12H19ClO. The number of ether oxygens (including phenoxy) is 1. The fourth-order valence-corrected chi connectivity index (χ4v) is 1.84. The van der Waals surface area contributed by atoms with Gasteiger partial charge in [-0.2, -0.15) is 0 Å². The van der Waals surface area contributed by atoms with Crippen molar-refractivity contribution in [1.29, 1.82) is 0 Å². The number of unbranched alkanes of at least 4 members (excludes halogenated alkanes) is 1. The van der Waals surface area contributed by atoms with Gasteiger partial charge in [-0.1, -0.05) is 30.2 Å². The van der Waals surface area contributed by atoms with Crippen molar-refractivity contribution in [3.63, 3.8) is 0 Å². The van der Waals surface area contributed by atoms with Gasteiger partial charge in [0, 0.05) is 18.7 Å². The second-order valence-corrected chi connectivity index (χ2v) is 4.37. The van der Waals surface area contributed by atoms with E-state index in [1.807, 2.05) is 6.08 Å². The van der Waals surface area contributed by atoms with E-state index in [0.29, 0.717) is 5.92 Å². The average molecular weight is 215 g/mol. The first kappa shape index (κ1) is 11.8. The first-order valence-corrected chi connectivity index (χ1v) is 5.66. The molecule has 0 fully saturated rings. The molecule has 1 atom stereocenters. The SMILES string of the molecule is COCCCCC1=CC=C(Cl)C(C)C1. The summed E-state index contributed by atoms with van der Waals surface area (Å²) in [6.07, 6.45) is 8.91. The molecule has 1 aliphatic carbocycles. The number of hydrogen-bond acceptors (Lipinski definition) is 1. The van der Waals surface area contributed by atoms with Gasteiger partial charge in [-0.15, -0.1) is 0 Å². The van der Waals surface area contributed by atoms with Gasteiger partial charge in [0.05, 0.1) is 0 Å². The van der Waals surface area contributed by atoms with E-state index in [4.69, 9.17) is 16.3 Å². The summed E-state index contributed by atoms with van der Waals surface area (Å²) in [6, 6.07) is 0. The third-order valence-electron chi connectivity index (χ3n) is 2.61. The Balaban J connectivity index is 2.25. The Morgan fingerprint density at radius 3 is 2.86 bits per heavy atom. The van der Waals surface area contributed by atoms with Gasteiger partial charge >= 0.3 is 0 Å². The number of hydrogen-bond donors (Lipinski definition) is 0. The van der Waals surface area contributed by atoms with Gasteiger partial charge in [0.1, 0.15) is 0 Å². The van der Waals surface area contributed by atoms with Crippen LogP contribution >= 0.6 is 11.6 Å². The van der Waals surface area contributed by atoms with Gasteiger partial charge in [0.2, 0.25) is 0 Å². The van der Waals surface area contributed by atoms with Crippen molar-refractivity contribution in [2.24, 2.45) is 5.92 Å². The van der Waals surface area contributed by atoms with Gasteiger partial charge < -0.3 is 4.74 Å². The molecule has 0 bridgehead atoms. The Morgan fingerprint density at radius 1 is 1.43 bits per heavy atom. The van der Waals surface area contributed by atoms with Crippen LogP contribution in [0.1, 0.15) is 32.6 Å². The van der Waals surface area contributed by atoms with Crippen molar-refractivity contribution >= 4 is 11.6 Å². The van der Waals surface area contributed by atoms with Gasteiger partial charge in [-0.05, 0) is 37.7 Å². The van der Waals surface area contributed by atoms with Gasteiger partial charge in [-0.25, -0.2) is 0 Å². The number of allylic oxidation sites excluding steroid dienone is 4. The molecule has 0 N–H and O–H groups in total. The maximum absolute atomic E-state index is 6.01. The van der Waals surface area contributed by atoms with Crippen molar-refractivity contribution in [2.75, 3.05) is 13.7 Å². The van der Waals surface area contributed by atoms with Gasteiger partial charge in [0.25, 0.3) is 0 Å². The zero-order chi connectivity index (χ0) is 10.4. The van der Waals surface area contributed by atoms with Crippen molar-refractivity contribution in [2.45, 2.75) is 32.6 Å². The van der Waals surface area contributed by atoms with Crippen LogP contribution in [0.25, 0.3) is 0 Å². The third kappa shape index (κ3) is 3.85. The monoisotopic (exact) mass is 214 g/mol. The Kier molecular flexibility index (Phi) is 5.28. The van der Waals surface area contributed by atoms with E-state index in [9.17, 15) is 0 Å². The first-order chi connectivity index (χ1) is 6.74. The highest BCUT2D eigenvalue weighted by atomic mass is 35.5. The Morgan fingerprint density at radius 2 is 2.21 bits per heavy atom. The van der Waals surface area contributed by atoms with Crippen LogP contribution in [0.3, 0.4) is 0 Å². The maximum Gasteiger partial charge on any atom is 0.0462 e. The van der Waals surface area contributed by atoms with Crippen molar-refractivity contribution in [3.8, 4) is 0 Å². The molecule has 14 heavy (non-hydrogen) atoms. The lowest BCUT2D eigenvalue weighted by molar-refractivity contribution is 0.193. The van der Waals surface area contributed by atoms with E-state index in [-0.39, 0.29) is 0 Å². The lowest BCUT2D eigenvalue weighted by atomic mass is 9.92. The molecule has 0 saturated heterocycles. The third-order valence-corrected chi connectivity index (χ3v) is 3.11. The van der Waals surface area contributed by atoms with Crippen molar-refractivity contribution in [1.82, 2.24) is 0 Å². The summed E-state index contributed by atoms with van der Waals surface area (Å²) in [7, 11) is 1.75. The fourth-order valence-electron chi connectivity index (χ4n) is 1.70. The molecule has 0 radical (unpaired) electrons. The molecule has 0 aromatic heterocycles. The second kappa shape index (κ2) is 6.26.